The van der Waals surface area contributed by atoms with Gasteiger partial charge in [0.05, 0.1) is 12.0 Å². The van der Waals surface area contributed by atoms with Gasteiger partial charge in [0, 0.05) is 11.3 Å². The van der Waals surface area contributed by atoms with E-state index in [1.165, 1.54) is 13.2 Å². The number of para-hydroxylation sites is 1. The van der Waals surface area contributed by atoms with Crippen LogP contribution < -0.4 is 10.1 Å². The zero-order valence-electron chi connectivity index (χ0n) is 16.9. The number of imide groups is 1. The van der Waals surface area contributed by atoms with Crippen LogP contribution in [0.2, 0.25) is 0 Å². The number of carbonyl (C=O) groups is 4. The summed E-state index contributed by atoms with van der Waals surface area (Å²) in [5.41, 5.74) is 2.14. The van der Waals surface area contributed by atoms with Gasteiger partial charge in [-0.15, -0.1) is 0 Å². The number of ether oxygens (including phenoxy) is 2. The Labute approximate surface area is 183 Å². The number of carbonyl (C=O) groups excluding carboxylic acids is 4. The van der Waals surface area contributed by atoms with Crippen LogP contribution in [0.25, 0.3) is 6.08 Å². The van der Waals surface area contributed by atoms with Crippen molar-refractivity contribution in [2.24, 2.45) is 0 Å². The molecule has 1 aliphatic heterocycles. The first-order valence-electron chi connectivity index (χ1n) is 9.28. The summed E-state index contributed by atoms with van der Waals surface area (Å²) in [6, 6.07) is 13.9. The van der Waals surface area contributed by atoms with Gasteiger partial charge >= 0.3 is 5.97 Å². The van der Waals surface area contributed by atoms with E-state index in [1.54, 1.807) is 36.4 Å². The molecule has 0 radical (unpaired) electrons. The van der Waals surface area contributed by atoms with E-state index in [1.807, 2.05) is 19.1 Å². The van der Waals surface area contributed by atoms with Crippen LogP contribution in [0.3, 0.4) is 0 Å². The summed E-state index contributed by atoms with van der Waals surface area (Å²) in [5, 5.41) is 2.13. The van der Waals surface area contributed by atoms with Crippen molar-refractivity contribution >= 4 is 46.5 Å². The maximum atomic E-state index is 12.7. The normalized spacial score (nSPS) is 14.6. The van der Waals surface area contributed by atoms with Crippen molar-refractivity contribution in [3.8, 4) is 5.75 Å². The Bertz CT molecular complexity index is 1050. The van der Waals surface area contributed by atoms with Gasteiger partial charge < -0.3 is 14.8 Å². The molecule has 1 saturated heterocycles. The van der Waals surface area contributed by atoms with Crippen LogP contribution in [0.1, 0.15) is 11.1 Å². The van der Waals surface area contributed by atoms with Gasteiger partial charge in [-0.1, -0.05) is 35.9 Å². The summed E-state index contributed by atoms with van der Waals surface area (Å²) in [6.07, 6.45) is 1.50. The summed E-state index contributed by atoms with van der Waals surface area (Å²) in [6.45, 7) is 1.25. The predicted octanol–water partition coefficient (Wildman–Crippen LogP) is 3.22. The number of thioether (sulfide) groups is 1. The van der Waals surface area contributed by atoms with E-state index in [-0.39, 0.29) is 11.5 Å². The summed E-state index contributed by atoms with van der Waals surface area (Å²) in [7, 11) is 1.25. The predicted molar refractivity (Wildman–Crippen MR) is 116 cm³/mol. The lowest BCUT2D eigenvalue weighted by Gasteiger charge is -2.12. The van der Waals surface area contributed by atoms with E-state index in [4.69, 9.17) is 4.74 Å². The molecule has 8 nitrogen and oxygen atoms in total. The Morgan fingerprint density at radius 2 is 1.81 bits per heavy atom. The average molecular weight is 440 g/mol. The number of hydrogen-bond donors (Lipinski definition) is 1. The average Bonchev–Trinajstić information content (AvgIpc) is 3.01. The smallest absolute Gasteiger partial charge is 0.343 e. The van der Waals surface area contributed by atoms with Gasteiger partial charge in [-0.2, -0.15) is 0 Å². The number of aryl methyl sites for hydroxylation is 1. The lowest BCUT2D eigenvalue weighted by molar-refractivity contribution is -0.142. The molecule has 0 aliphatic carbocycles. The lowest BCUT2D eigenvalue weighted by Crippen LogP contribution is -2.36. The fourth-order valence-corrected chi connectivity index (χ4v) is 3.51. The molecule has 0 unspecified atom stereocenters. The molecule has 0 bridgehead atoms. The van der Waals surface area contributed by atoms with Gasteiger partial charge in [0.2, 0.25) is 5.91 Å². The van der Waals surface area contributed by atoms with Crippen molar-refractivity contribution in [3.05, 3.63) is 64.6 Å². The number of esters is 1. The summed E-state index contributed by atoms with van der Waals surface area (Å²) in [4.78, 5) is 49.7. The highest BCUT2D eigenvalue weighted by Crippen LogP contribution is 2.33. The minimum atomic E-state index is -0.572. The molecule has 1 fully saturated rings. The number of nitrogens with zero attached hydrogens (tertiary/aromatic N) is 1. The number of hydrogen-bond acceptors (Lipinski definition) is 7. The molecule has 3 rings (SSSR count). The van der Waals surface area contributed by atoms with Crippen LogP contribution in [0.5, 0.6) is 5.75 Å². The second-order valence-electron chi connectivity index (χ2n) is 6.58. The maximum absolute atomic E-state index is 12.7. The molecule has 0 saturated carbocycles. The van der Waals surface area contributed by atoms with Gasteiger partial charge in [0.15, 0.2) is 6.61 Å². The molecule has 2 aromatic rings. The second kappa shape index (κ2) is 9.94. The van der Waals surface area contributed by atoms with Gasteiger partial charge in [0.1, 0.15) is 12.3 Å². The number of anilines is 1. The van der Waals surface area contributed by atoms with Crippen molar-refractivity contribution < 1.29 is 28.7 Å². The van der Waals surface area contributed by atoms with Crippen molar-refractivity contribution in [3.63, 3.8) is 0 Å². The topological polar surface area (TPSA) is 102 Å². The zero-order valence-corrected chi connectivity index (χ0v) is 17.7. The number of amides is 3. The van der Waals surface area contributed by atoms with Crippen molar-refractivity contribution in [1.82, 2.24) is 4.90 Å². The molecule has 0 atom stereocenters. The molecule has 160 valence electrons. The summed E-state index contributed by atoms with van der Waals surface area (Å²) in [5.74, 6) is -1.24. The minimum absolute atomic E-state index is 0.155. The molecular formula is C22H20N2O6S. The fraction of sp³-hybridized carbons (Fsp3) is 0.182. The molecule has 1 heterocycles. The number of nitrogens with one attached hydrogen (secondary N) is 1. The maximum Gasteiger partial charge on any atom is 0.343 e. The van der Waals surface area contributed by atoms with Crippen LogP contribution in [0, 0.1) is 6.92 Å². The molecular weight excluding hydrogens is 420 g/mol. The van der Waals surface area contributed by atoms with Gasteiger partial charge in [-0.25, -0.2) is 4.79 Å². The second-order valence-corrected chi connectivity index (χ2v) is 7.58. The standard InChI is InChI=1S/C22H20N2O6S/c1-14-7-9-16(10-8-14)23-19(25)12-24-21(27)18(31-22(24)28)11-15-5-3-4-6-17(15)30-13-20(26)29-2/h3-11H,12-13H2,1-2H3,(H,23,25)/b18-11+. The first kappa shape index (κ1) is 22.1. The van der Waals surface area contributed by atoms with E-state index >= 15 is 0 Å². The number of rotatable bonds is 7. The van der Waals surface area contributed by atoms with Crippen LogP contribution in [0.15, 0.2) is 53.4 Å². The molecule has 0 spiro atoms. The first-order chi connectivity index (χ1) is 14.9. The Morgan fingerprint density at radius 1 is 1.10 bits per heavy atom. The van der Waals surface area contributed by atoms with Gasteiger partial charge in [-0.3, -0.25) is 19.3 Å². The monoisotopic (exact) mass is 440 g/mol. The SMILES string of the molecule is COC(=O)COc1ccccc1/C=C1/SC(=O)N(CC(=O)Nc2ccc(C)cc2)C1=O. The third-order valence-electron chi connectivity index (χ3n) is 4.29. The molecule has 2 aromatic carbocycles. The van der Waals surface area contributed by atoms with E-state index in [2.05, 4.69) is 10.1 Å². The van der Waals surface area contributed by atoms with Crippen LogP contribution in [-0.2, 0) is 19.1 Å². The van der Waals surface area contributed by atoms with Crippen LogP contribution >= 0.6 is 11.8 Å². The molecule has 9 heteroatoms. The van der Waals surface area contributed by atoms with E-state index < -0.39 is 29.6 Å². The third kappa shape index (κ3) is 5.73. The Hall–Kier alpha value is -3.59. The molecule has 31 heavy (non-hydrogen) atoms. The highest BCUT2D eigenvalue weighted by Gasteiger charge is 2.36. The quantitative estimate of drug-likeness (QED) is 0.521. The fourth-order valence-electron chi connectivity index (χ4n) is 2.69. The van der Waals surface area contributed by atoms with Crippen molar-refractivity contribution in [2.75, 3.05) is 25.6 Å². The van der Waals surface area contributed by atoms with Crippen LogP contribution in [0.4, 0.5) is 10.5 Å². The molecule has 3 amide bonds. The third-order valence-corrected chi connectivity index (χ3v) is 5.20. The lowest BCUT2D eigenvalue weighted by atomic mass is 10.2. The largest absolute Gasteiger partial charge is 0.481 e. The van der Waals surface area contributed by atoms with Crippen LogP contribution in [-0.4, -0.2) is 48.2 Å². The van der Waals surface area contributed by atoms with E-state index in [0.717, 1.165) is 22.2 Å². The number of methoxy groups -OCH3 is 1. The molecule has 1 N–H and O–H groups in total. The van der Waals surface area contributed by atoms with E-state index in [9.17, 15) is 19.2 Å². The van der Waals surface area contributed by atoms with Crippen molar-refractivity contribution in [1.29, 1.82) is 0 Å². The zero-order chi connectivity index (χ0) is 22.4. The van der Waals surface area contributed by atoms with E-state index in [0.29, 0.717) is 17.0 Å². The van der Waals surface area contributed by atoms with Crippen molar-refractivity contribution in [2.45, 2.75) is 6.92 Å². The summed E-state index contributed by atoms with van der Waals surface area (Å²) < 4.78 is 9.97. The number of benzene rings is 2. The molecule has 0 aromatic heterocycles. The van der Waals surface area contributed by atoms with Gasteiger partial charge in [-0.05, 0) is 43.0 Å². The highest BCUT2D eigenvalue weighted by atomic mass is 32.2. The first-order valence-corrected chi connectivity index (χ1v) is 10.1. The molecule has 1 aliphatic rings. The Morgan fingerprint density at radius 3 is 2.52 bits per heavy atom. The Kier molecular flexibility index (Phi) is 7.09. The highest BCUT2D eigenvalue weighted by molar-refractivity contribution is 8.18. The summed E-state index contributed by atoms with van der Waals surface area (Å²) >= 11 is 0.736. The Balaban J connectivity index is 1.70. The minimum Gasteiger partial charge on any atom is -0.481 e. The van der Waals surface area contributed by atoms with Gasteiger partial charge in [0.25, 0.3) is 11.1 Å².